The van der Waals surface area contributed by atoms with Crippen LogP contribution in [0.5, 0.6) is 0 Å². The smallest absolute Gasteiger partial charge is 0.270 e. The first-order valence-electron chi connectivity index (χ1n) is 9.53. The minimum atomic E-state index is -2.73. The molecule has 2 aliphatic rings. The Morgan fingerprint density at radius 3 is 2.79 bits per heavy atom. The molecule has 7 nitrogen and oxygen atoms in total. The maximum Gasteiger partial charge on any atom is 0.270 e. The highest BCUT2D eigenvalue weighted by Gasteiger charge is 2.28. The molecule has 0 spiro atoms. The predicted octanol–water partition coefficient (Wildman–Crippen LogP) is 3.11. The fraction of sp³-hybridized carbons (Fsp3) is 0.350. The third kappa shape index (κ3) is 3.37. The number of aromatic nitrogens is 5. The Morgan fingerprint density at radius 2 is 2.07 bits per heavy atom. The van der Waals surface area contributed by atoms with Crippen molar-refractivity contribution in [2.45, 2.75) is 44.6 Å². The van der Waals surface area contributed by atoms with E-state index < -0.39 is 12.3 Å². The zero-order valence-corrected chi connectivity index (χ0v) is 15.5. The van der Waals surface area contributed by atoms with E-state index in [-0.39, 0.29) is 17.8 Å². The van der Waals surface area contributed by atoms with Crippen LogP contribution in [0.4, 0.5) is 8.78 Å². The van der Waals surface area contributed by atoms with Gasteiger partial charge in [0.2, 0.25) is 0 Å². The average molecular weight is 396 g/mol. The van der Waals surface area contributed by atoms with E-state index in [4.69, 9.17) is 0 Å². The molecule has 0 bridgehead atoms. The Balaban J connectivity index is 1.38. The fourth-order valence-corrected chi connectivity index (χ4v) is 3.66. The molecule has 29 heavy (non-hydrogen) atoms. The van der Waals surface area contributed by atoms with Gasteiger partial charge < -0.3 is 5.32 Å². The standard InChI is InChI=1S/C20H18F2N6O/c21-19(22)13-5-15(27-14-4-3-11-6-26-28-18(11)17(13)14)20(29)25-8-12-7-24-16(9-23-12)10-1-2-10/h5-7,9-10,19H,1-4,8H2,(H,25,29)(H,26,28). The summed E-state index contributed by atoms with van der Waals surface area (Å²) >= 11 is 0. The molecule has 1 amide bonds. The Kier molecular flexibility index (Phi) is 4.30. The second-order valence-corrected chi connectivity index (χ2v) is 7.38. The molecule has 9 heteroatoms. The molecular formula is C20H18F2N6O. The number of nitrogens with zero attached hydrogens (tertiary/aromatic N) is 4. The van der Waals surface area contributed by atoms with Crippen LogP contribution in [-0.2, 0) is 19.4 Å². The molecular weight excluding hydrogens is 378 g/mol. The molecule has 2 N–H and O–H groups in total. The lowest BCUT2D eigenvalue weighted by Gasteiger charge is -2.19. The first kappa shape index (κ1) is 17.8. The van der Waals surface area contributed by atoms with E-state index >= 15 is 0 Å². The summed E-state index contributed by atoms with van der Waals surface area (Å²) in [6, 6.07) is 1.16. The van der Waals surface area contributed by atoms with Gasteiger partial charge >= 0.3 is 0 Å². The number of alkyl halides is 2. The third-order valence-corrected chi connectivity index (χ3v) is 5.34. The number of carbonyl (C=O) groups excluding carboxylic acids is 1. The second kappa shape index (κ2) is 6.98. The van der Waals surface area contributed by atoms with E-state index in [0.29, 0.717) is 41.4 Å². The molecule has 148 valence electrons. The number of aryl methyl sites for hydroxylation is 2. The van der Waals surface area contributed by atoms with Gasteiger partial charge in [-0.05, 0) is 37.3 Å². The highest BCUT2D eigenvalue weighted by atomic mass is 19.3. The van der Waals surface area contributed by atoms with Crippen LogP contribution in [0.15, 0.2) is 24.7 Å². The molecule has 0 radical (unpaired) electrons. The highest BCUT2D eigenvalue weighted by molar-refractivity contribution is 5.93. The van der Waals surface area contributed by atoms with Gasteiger partial charge in [0, 0.05) is 23.2 Å². The summed E-state index contributed by atoms with van der Waals surface area (Å²) in [5.74, 6) is -0.00725. The van der Waals surface area contributed by atoms with Gasteiger partial charge in [-0.2, -0.15) is 5.10 Å². The number of rotatable bonds is 5. The van der Waals surface area contributed by atoms with Crippen LogP contribution in [0.25, 0.3) is 11.3 Å². The summed E-state index contributed by atoms with van der Waals surface area (Å²) in [7, 11) is 0. The number of hydrogen-bond donors (Lipinski definition) is 2. The highest BCUT2D eigenvalue weighted by Crippen LogP contribution is 2.39. The zero-order chi connectivity index (χ0) is 20.0. The summed E-state index contributed by atoms with van der Waals surface area (Å²) in [6.07, 6.45) is 5.69. The summed E-state index contributed by atoms with van der Waals surface area (Å²) in [5.41, 5.74) is 3.63. The molecule has 3 heterocycles. The van der Waals surface area contributed by atoms with Crippen LogP contribution in [0, 0.1) is 0 Å². The molecule has 0 unspecified atom stereocenters. The van der Waals surface area contributed by atoms with Crippen molar-refractivity contribution in [1.82, 2.24) is 30.5 Å². The number of fused-ring (bicyclic) bond motifs is 3. The number of hydrogen-bond acceptors (Lipinski definition) is 5. The molecule has 1 saturated carbocycles. The molecule has 3 aromatic heterocycles. The van der Waals surface area contributed by atoms with E-state index in [0.717, 1.165) is 30.2 Å². The van der Waals surface area contributed by atoms with Crippen LogP contribution in [0.2, 0.25) is 0 Å². The van der Waals surface area contributed by atoms with Gasteiger partial charge in [0.1, 0.15) is 5.69 Å². The van der Waals surface area contributed by atoms with Crippen molar-refractivity contribution in [2.24, 2.45) is 0 Å². The number of aromatic amines is 1. The molecule has 1 fully saturated rings. The Bertz CT molecular complexity index is 1080. The van der Waals surface area contributed by atoms with Crippen LogP contribution >= 0.6 is 0 Å². The Hall–Kier alpha value is -3.23. The fourth-order valence-electron chi connectivity index (χ4n) is 3.66. The first-order chi connectivity index (χ1) is 14.1. The molecule has 0 saturated heterocycles. The predicted molar refractivity (Wildman–Crippen MR) is 99.4 cm³/mol. The largest absolute Gasteiger partial charge is 0.345 e. The van der Waals surface area contributed by atoms with Gasteiger partial charge in [0.05, 0.1) is 41.7 Å². The minimum Gasteiger partial charge on any atom is -0.345 e. The van der Waals surface area contributed by atoms with E-state index in [2.05, 4.69) is 30.5 Å². The Morgan fingerprint density at radius 1 is 1.21 bits per heavy atom. The Labute approximate surface area is 165 Å². The van der Waals surface area contributed by atoms with Crippen molar-refractivity contribution in [3.05, 3.63) is 58.6 Å². The number of nitrogens with one attached hydrogen (secondary N) is 2. The number of amides is 1. The average Bonchev–Trinajstić information content (AvgIpc) is 3.47. The van der Waals surface area contributed by atoms with Crippen molar-refractivity contribution < 1.29 is 13.6 Å². The van der Waals surface area contributed by atoms with Crippen LogP contribution in [0.1, 0.15) is 63.9 Å². The van der Waals surface area contributed by atoms with Crippen molar-refractivity contribution in [3.8, 4) is 11.3 Å². The monoisotopic (exact) mass is 396 g/mol. The summed E-state index contributed by atoms with van der Waals surface area (Å²) in [5, 5.41) is 9.43. The lowest BCUT2D eigenvalue weighted by atomic mass is 9.90. The van der Waals surface area contributed by atoms with Gasteiger partial charge in [0.25, 0.3) is 12.3 Å². The van der Waals surface area contributed by atoms with Crippen molar-refractivity contribution >= 4 is 5.91 Å². The van der Waals surface area contributed by atoms with Gasteiger partial charge in [-0.1, -0.05) is 0 Å². The maximum atomic E-state index is 13.7. The number of pyridine rings is 1. The minimum absolute atomic E-state index is 0.0235. The van der Waals surface area contributed by atoms with Crippen LogP contribution in [-0.4, -0.2) is 31.1 Å². The van der Waals surface area contributed by atoms with Crippen molar-refractivity contribution in [1.29, 1.82) is 0 Å². The van der Waals surface area contributed by atoms with Crippen LogP contribution < -0.4 is 5.32 Å². The van der Waals surface area contributed by atoms with Gasteiger partial charge in [-0.3, -0.25) is 19.9 Å². The third-order valence-electron chi connectivity index (χ3n) is 5.34. The normalized spacial score (nSPS) is 15.1. The molecule has 0 atom stereocenters. The maximum absolute atomic E-state index is 13.7. The zero-order valence-electron chi connectivity index (χ0n) is 15.5. The van der Waals surface area contributed by atoms with Gasteiger partial charge in [0.15, 0.2) is 0 Å². The number of halogens is 2. The summed E-state index contributed by atoms with van der Waals surface area (Å²) < 4.78 is 27.5. The molecule has 5 rings (SSSR count). The van der Waals surface area contributed by atoms with E-state index in [1.807, 2.05) is 0 Å². The topological polar surface area (TPSA) is 96.5 Å². The summed E-state index contributed by atoms with van der Waals surface area (Å²) in [4.78, 5) is 25.6. The first-order valence-corrected chi connectivity index (χ1v) is 9.53. The van der Waals surface area contributed by atoms with Gasteiger partial charge in [-0.25, -0.2) is 13.8 Å². The van der Waals surface area contributed by atoms with E-state index in [1.165, 1.54) is 0 Å². The summed E-state index contributed by atoms with van der Waals surface area (Å²) in [6.45, 7) is 0.157. The lowest BCUT2D eigenvalue weighted by Crippen LogP contribution is -2.25. The second-order valence-electron chi connectivity index (χ2n) is 7.38. The molecule has 2 aliphatic carbocycles. The van der Waals surface area contributed by atoms with E-state index in [1.54, 1.807) is 18.6 Å². The van der Waals surface area contributed by atoms with Crippen molar-refractivity contribution in [3.63, 3.8) is 0 Å². The van der Waals surface area contributed by atoms with Gasteiger partial charge in [-0.15, -0.1) is 0 Å². The lowest BCUT2D eigenvalue weighted by molar-refractivity contribution is 0.0944. The quantitative estimate of drug-likeness (QED) is 0.691. The molecule has 0 aromatic carbocycles. The molecule has 0 aliphatic heterocycles. The number of H-pyrrole nitrogens is 1. The van der Waals surface area contributed by atoms with E-state index in [9.17, 15) is 13.6 Å². The molecule has 3 aromatic rings. The van der Waals surface area contributed by atoms with Crippen molar-refractivity contribution in [2.75, 3.05) is 0 Å². The SMILES string of the molecule is O=C(NCc1cnc(C2CC2)cn1)c1cc(C(F)F)c2c(n1)CCc1cn[nH]c1-2. The van der Waals surface area contributed by atoms with Crippen LogP contribution in [0.3, 0.4) is 0 Å². The number of carbonyl (C=O) groups is 1.